The molecule has 1 aliphatic rings. The van der Waals surface area contributed by atoms with E-state index in [1.807, 2.05) is 12.1 Å². The Morgan fingerprint density at radius 2 is 1.40 bits per heavy atom. The molecule has 2 aromatic carbocycles. The average molecular weight is 505 g/mol. The van der Waals surface area contributed by atoms with Crippen molar-refractivity contribution in [1.29, 1.82) is 0 Å². The van der Waals surface area contributed by atoms with E-state index >= 15 is 0 Å². The van der Waals surface area contributed by atoms with Crippen molar-refractivity contribution in [2.24, 2.45) is 0 Å². The Morgan fingerprint density at radius 1 is 0.950 bits per heavy atom. The number of aliphatic hydroxyl groups is 1. The van der Waals surface area contributed by atoms with Crippen LogP contribution in [0.5, 0.6) is 0 Å². The SMILES string of the molecule is C[C@@H]1[C@@H](O)CN1C(c1ccccc1)c1ccccc1.[Es]. The van der Waals surface area contributed by atoms with Gasteiger partial charge in [-0.3, -0.25) is 4.90 Å². The predicted molar refractivity (Wildman–Crippen MR) is 76.9 cm³/mol. The number of nitrogens with zero attached hydrogens (tertiary/aromatic N) is 1. The maximum atomic E-state index is 9.79. The molecular formula is C17H19EsNO. The van der Waals surface area contributed by atoms with Crippen molar-refractivity contribution in [2.45, 2.75) is 25.1 Å². The molecule has 1 radical (unpaired) electrons. The van der Waals surface area contributed by atoms with Gasteiger partial charge in [0, 0.05) is 12.6 Å². The van der Waals surface area contributed by atoms with Crippen LogP contribution in [0.4, 0.5) is 0 Å². The molecule has 1 fully saturated rings. The van der Waals surface area contributed by atoms with E-state index in [-0.39, 0.29) is 18.2 Å². The molecule has 0 saturated carbocycles. The second-order valence-electron chi connectivity index (χ2n) is 5.23. The molecule has 2 aromatic rings. The number of benzene rings is 2. The Balaban J connectivity index is 0.00000147. The van der Waals surface area contributed by atoms with Crippen LogP contribution in [-0.2, 0) is 0 Å². The van der Waals surface area contributed by atoms with E-state index in [2.05, 4.69) is 60.4 Å². The molecule has 0 unspecified atom stereocenters. The van der Waals surface area contributed by atoms with E-state index in [9.17, 15) is 5.11 Å². The van der Waals surface area contributed by atoms with E-state index in [4.69, 9.17) is 0 Å². The first-order chi connectivity index (χ1) is 9.27. The Bertz CT molecular complexity index is 492. The van der Waals surface area contributed by atoms with Crippen LogP contribution in [0.25, 0.3) is 0 Å². The maximum Gasteiger partial charge on any atom is 0.0820 e. The van der Waals surface area contributed by atoms with Gasteiger partial charge in [0.25, 0.3) is 0 Å². The molecule has 0 aliphatic carbocycles. The number of hydrogen-bond donors (Lipinski definition) is 1. The van der Waals surface area contributed by atoms with Crippen LogP contribution < -0.4 is 0 Å². The molecule has 1 heterocycles. The fourth-order valence-corrected chi connectivity index (χ4v) is 2.80. The maximum absolute atomic E-state index is 9.79. The minimum absolute atomic E-state index is 0. The van der Waals surface area contributed by atoms with Crippen molar-refractivity contribution in [3.63, 3.8) is 0 Å². The summed E-state index contributed by atoms with van der Waals surface area (Å²) in [4.78, 5) is 2.36. The number of hydrogen-bond acceptors (Lipinski definition) is 2. The van der Waals surface area contributed by atoms with Gasteiger partial charge in [-0.1, -0.05) is 60.7 Å². The third-order valence-electron chi connectivity index (χ3n) is 4.04. The second kappa shape index (κ2) is 5.55. The van der Waals surface area contributed by atoms with Crippen LogP contribution in [0.2, 0.25) is 0 Å². The van der Waals surface area contributed by atoms with Gasteiger partial charge in [-0.05, 0) is 18.1 Å². The van der Waals surface area contributed by atoms with Crippen LogP contribution in [0, 0.1) is 0 Å². The molecule has 109 valence electrons. The van der Waals surface area contributed by atoms with Crippen LogP contribution in [-0.4, -0.2) is 28.7 Å². The Hall–Kier alpha value is -2.64. The molecule has 0 amide bonds. The summed E-state index contributed by atoms with van der Waals surface area (Å²) in [5.74, 6) is 0. The van der Waals surface area contributed by atoms with Gasteiger partial charge >= 0.3 is 0 Å². The van der Waals surface area contributed by atoms with Gasteiger partial charge in [0.1, 0.15) is 0 Å². The first-order valence-electron chi connectivity index (χ1n) is 6.81. The second-order valence-corrected chi connectivity index (χ2v) is 5.23. The summed E-state index contributed by atoms with van der Waals surface area (Å²) < 4.78 is 0. The molecular weight excluding hydrogens is 486 g/mol. The largest absolute Gasteiger partial charge is 0.390 e. The molecule has 2 nitrogen and oxygen atoms in total. The van der Waals surface area contributed by atoms with Crippen LogP contribution in [0.3, 0.4) is 0 Å². The summed E-state index contributed by atoms with van der Waals surface area (Å²) in [6.45, 7) is 2.84. The van der Waals surface area contributed by atoms with E-state index in [0.29, 0.717) is 0 Å². The van der Waals surface area contributed by atoms with Gasteiger partial charge in [0.15, 0.2) is 0 Å². The molecule has 0 spiro atoms. The summed E-state index contributed by atoms with van der Waals surface area (Å²) in [5.41, 5.74) is 2.57. The molecule has 3 heteroatoms. The summed E-state index contributed by atoms with van der Waals surface area (Å²) in [6, 6.07) is 21.5. The topological polar surface area (TPSA) is 23.5 Å². The predicted octanol–water partition coefficient (Wildman–Crippen LogP) is 2.84. The minimum atomic E-state index is -0.199. The molecule has 0 aromatic heterocycles. The molecule has 20 heavy (non-hydrogen) atoms. The van der Waals surface area contributed by atoms with E-state index in [0.717, 1.165) is 6.54 Å². The van der Waals surface area contributed by atoms with Crippen molar-refractivity contribution >= 4 is 0 Å². The zero-order chi connectivity index (χ0) is 13.2. The van der Waals surface area contributed by atoms with Crippen LogP contribution >= 0.6 is 0 Å². The van der Waals surface area contributed by atoms with Gasteiger partial charge in [0.05, 0.1) is 12.1 Å². The molecule has 1 aliphatic heterocycles. The summed E-state index contributed by atoms with van der Waals surface area (Å²) in [5, 5.41) is 9.79. The normalized spacial score (nSPS) is 22.1. The van der Waals surface area contributed by atoms with E-state index in [1.54, 1.807) is 0 Å². The molecule has 1 saturated heterocycles. The monoisotopic (exact) mass is 505 g/mol. The zero-order valence-electron chi connectivity index (χ0n) is 11.4. The standard InChI is InChI=1S/C17H19NO.Es/c1-13-16(19)12-18(13)17(14-8-4-2-5-9-14)15-10-6-3-7-11-15;/h2-11,13,16-17,19H,12H2,1H3;/t13-,16+;/m1./s1. The molecule has 0 bridgehead atoms. The summed E-state index contributed by atoms with van der Waals surface area (Å²) >= 11 is 0. The third-order valence-corrected chi connectivity index (χ3v) is 4.04. The number of rotatable bonds is 3. The van der Waals surface area contributed by atoms with Crippen molar-refractivity contribution in [1.82, 2.24) is 4.90 Å². The zero-order valence-corrected chi connectivity index (χ0v) is 13.9. The van der Waals surface area contributed by atoms with Crippen molar-refractivity contribution in [2.75, 3.05) is 6.54 Å². The number of aliphatic hydroxyl groups excluding tert-OH is 1. The fraction of sp³-hybridized carbons (Fsp3) is 0.294. The Kier molecular flexibility index (Phi) is 3.83. The summed E-state index contributed by atoms with van der Waals surface area (Å²) in [6.07, 6.45) is -0.199. The van der Waals surface area contributed by atoms with Crippen molar-refractivity contribution in [3.05, 3.63) is 71.8 Å². The van der Waals surface area contributed by atoms with E-state index in [1.165, 1.54) is 11.1 Å². The van der Waals surface area contributed by atoms with Gasteiger partial charge in [-0.2, -0.15) is 0 Å². The van der Waals surface area contributed by atoms with Gasteiger partial charge < -0.3 is 5.11 Å². The summed E-state index contributed by atoms with van der Waals surface area (Å²) in [7, 11) is 0. The molecule has 2 atom stereocenters. The van der Waals surface area contributed by atoms with Gasteiger partial charge in [0.2, 0.25) is 0 Å². The first kappa shape index (κ1) is 13.8. The van der Waals surface area contributed by atoms with Gasteiger partial charge in [-0.15, -0.1) is 0 Å². The van der Waals surface area contributed by atoms with Crippen molar-refractivity contribution in [3.8, 4) is 0 Å². The number of likely N-dealkylation sites (tertiary alicyclic amines) is 1. The van der Waals surface area contributed by atoms with Gasteiger partial charge in [-0.25, -0.2) is 0 Å². The quantitative estimate of drug-likeness (QED) is 0.694. The number of β-amino-alcohol motifs (C(OH)–C–C–N with tert-alkyl or cyclic N) is 1. The minimum Gasteiger partial charge on any atom is -0.390 e. The fourth-order valence-electron chi connectivity index (χ4n) is 2.80. The van der Waals surface area contributed by atoms with Crippen LogP contribution in [0.15, 0.2) is 60.7 Å². The molecule has 3 rings (SSSR count). The smallest absolute Gasteiger partial charge is 0.0820 e. The average Bonchev–Trinajstić information content (AvgIpc) is 2.49. The van der Waals surface area contributed by atoms with Crippen LogP contribution in [0.1, 0.15) is 24.1 Å². The molecule has 1 N–H and O–H groups in total. The Morgan fingerprint density at radius 3 is 1.75 bits per heavy atom. The van der Waals surface area contributed by atoms with E-state index < -0.39 is 0 Å². The first-order valence-corrected chi connectivity index (χ1v) is 6.81. The van der Waals surface area contributed by atoms with Crippen molar-refractivity contribution < 1.29 is 5.11 Å². The third kappa shape index (κ3) is 2.27. The Labute approximate surface area is 114 Å².